The highest BCUT2D eigenvalue weighted by Gasteiger charge is 2.33. The predicted molar refractivity (Wildman–Crippen MR) is 137 cm³/mol. The molecule has 1 saturated heterocycles. The van der Waals surface area contributed by atoms with Crippen LogP contribution in [-0.2, 0) is 16.1 Å². The summed E-state index contributed by atoms with van der Waals surface area (Å²) >= 11 is 1.63. The van der Waals surface area contributed by atoms with Crippen LogP contribution in [0.5, 0.6) is 0 Å². The molecule has 2 heterocycles. The molecule has 1 atom stereocenters. The molecule has 1 unspecified atom stereocenters. The van der Waals surface area contributed by atoms with Gasteiger partial charge in [-0.15, -0.1) is 11.3 Å². The molecule has 1 aromatic heterocycles. The Morgan fingerprint density at radius 1 is 1.12 bits per heavy atom. The molecule has 1 aliphatic rings. The molecule has 3 aromatic rings. The molecule has 1 aliphatic heterocycles. The van der Waals surface area contributed by atoms with Crippen LogP contribution < -0.4 is 5.32 Å². The van der Waals surface area contributed by atoms with Gasteiger partial charge in [0.25, 0.3) is 0 Å². The lowest BCUT2D eigenvalue weighted by Gasteiger charge is -2.18. The number of rotatable bonds is 9. The van der Waals surface area contributed by atoms with Crippen molar-refractivity contribution < 1.29 is 9.59 Å². The van der Waals surface area contributed by atoms with E-state index < -0.39 is 0 Å². The average Bonchev–Trinajstić information content (AvgIpc) is 3.46. The van der Waals surface area contributed by atoms with Crippen molar-refractivity contribution in [2.75, 3.05) is 33.7 Å². The number of nitrogens with zero attached hydrogens (tertiary/aromatic N) is 3. The van der Waals surface area contributed by atoms with Crippen LogP contribution in [0.4, 0.5) is 0 Å². The number of carbonyl (C=O) groups is 2. The van der Waals surface area contributed by atoms with E-state index >= 15 is 0 Å². The first-order valence-corrected chi connectivity index (χ1v) is 12.6. The molecular formula is C27H32N4O2S. The molecule has 0 radical (unpaired) electrons. The second-order valence-corrected chi connectivity index (χ2v) is 10.1. The first-order chi connectivity index (χ1) is 16.4. The highest BCUT2D eigenvalue weighted by atomic mass is 32.1. The summed E-state index contributed by atoms with van der Waals surface area (Å²) in [4.78, 5) is 33.6. The van der Waals surface area contributed by atoms with Gasteiger partial charge in [0, 0.05) is 42.6 Å². The predicted octanol–water partition coefficient (Wildman–Crippen LogP) is 4.20. The molecule has 34 heavy (non-hydrogen) atoms. The fourth-order valence-corrected chi connectivity index (χ4v) is 4.94. The van der Waals surface area contributed by atoms with Crippen LogP contribution in [0.3, 0.4) is 0 Å². The second kappa shape index (κ2) is 10.9. The Labute approximate surface area is 205 Å². The Morgan fingerprint density at radius 2 is 1.82 bits per heavy atom. The minimum Gasteiger partial charge on any atom is -0.352 e. The normalized spacial score (nSPS) is 15.8. The van der Waals surface area contributed by atoms with Gasteiger partial charge < -0.3 is 15.1 Å². The third kappa shape index (κ3) is 6.10. The highest BCUT2D eigenvalue weighted by Crippen LogP contribution is 2.29. The van der Waals surface area contributed by atoms with E-state index in [4.69, 9.17) is 4.98 Å². The van der Waals surface area contributed by atoms with E-state index in [0.717, 1.165) is 40.4 Å². The van der Waals surface area contributed by atoms with E-state index in [0.29, 0.717) is 26.1 Å². The van der Waals surface area contributed by atoms with Gasteiger partial charge in [-0.3, -0.25) is 9.59 Å². The van der Waals surface area contributed by atoms with Crippen LogP contribution in [-0.4, -0.2) is 60.3 Å². The molecule has 2 aromatic carbocycles. The number of benzene rings is 2. The van der Waals surface area contributed by atoms with E-state index in [-0.39, 0.29) is 17.7 Å². The number of likely N-dealkylation sites (tertiary alicyclic amines) is 1. The Morgan fingerprint density at radius 3 is 2.53 bits per heavy atom. The maximum atomic E-state index is 12.6. The number of aromatic nitrogens is 1. The maximum absolute atomic E-state index is 12.6. The number of amides is 2. The smallest absolute Gasteiger partial charge is 0.225 e. The van der Waals surface area contributed by atoms with Crippen molar-refractivity contribution in [1.29, 1.82) is 0 Å². The van der Waals surface area contributed by atoms with Crippen LogP contribution in [0.25, 0.3) is 21.8 Å². The summed E-state index contributed by atoms with van der Waals surface area (Å²) in [5.41, 5.74) is 5.43. The minimum absolute atomic E-state index is 0.0461. The molecule has 178 valence electrons. The summed E-state index contributed by atoms with van der Waals surface area (Å²) in [6.45, 7) is 4.70. The summed E-state index contributed by atoms with van der Waals surface area (Å²) in [6.07, 6.45) is 1.23. The molecular weight excluding hydrogens is 444 g/mol. The summed E-state index contributed by atoms with van der Waals surface area (Å²) < 4.78 is 0. The fraction of sp³-hybridized carbons (Fsp3) is 0.370. The second-order valence-electron chi connectivity index (χ2n) is 9.22. The van der Waals surface area contributed by atoms with Crippen molar-refractivity contribution >= 4 is 23.2 Å². The summed E-state index contributed by atoms with van der Waals surface area (Å²) in [6, 6.07) is 16.5. The quantitative estimate of drug-likeness (QED) is 0.503. The molecule has 1 N–H and O–H groups in total. The Hall–Kier alpha value is -3.03. The standard InChI is InChI=1S/C27H32N4O2S/c1-19-5-9-21(10-6-19)24-18-34-27(29-24)22-11-7-20(8-12-22)16-28-26(33)23-15-25(32)31(17-23)14-4-13-30(2)3/h5-12,18,23H,4,13-17H2,1-3H3,(H,28,33). The van der Waals surface area contributed by atoms with E-state index in [1.807, 2.05) is 43.3 Å². The van der Waals surface area contributed by atoms with Crippen LogP contribution in [0.2, 0.25) is 0 Å². The molecule has 6 nitrogen and oxygen atoms in total. The Kier molecular flexibility index (Phi) is 7.75. The third-order valence-electron chi connectivity index (χ3n) is 6.14. The van der Waals surface area contributed by atoms with Gasteiger partial charge in [-0.05, 0) is 39.5 Å². The summed E-state index contributed by atoms with van der Waals surface area (Å²) in [7, 11) is 4.04. The zero-order valence-electron chi connectivity index (χ0n) is 20.1. The fourth-order valence-electron chi connectivity index (χ4n) is 4.10. The molecule has 1 fully saturated rings. The molecule has 4 rings (SSSR count). The lowest BCUT2D eigenvalue weighted by atomic mass is 10.1. The Bertz CT molecular complexity index is 1120. The van der Waals surface area contributed by atoms with Crippen molar-refractivity contribution in [3.8, 4) is 21.8 Å². The van der Waals surface area contributed by atoms with Crippen LogP contribution >= 0.6 is 11.3 Å². The minimum atomic E-state index is -0.262. The number of carbonyl (C=O) groups excluding carboxylic acids is 2. The number of hydrogen-bond donors (Lipinski definition) is 1. The van der Waals surface area contributed by atoms with Crippen molar-refractivity contribution in [3.63, 3.8) is 0 Å². The number of hydrogen-bond acceptors (Lipinski definition) is 5. The molecule has 7 heteroatoms. The molecule has 0 aliphatic carbocycles. The SMILES string of the molecule is Cc1ccc(-c2csc(-c3ccc(CNC(=O)C4CC(=O)N(CCCN(C)C)C4)cc3)n2)cc1. The van der Waals surface area contributed by atoms with Gasteiger partial charge in [-0.25, -0.2) is 4.98 Å². The lowest BCUT2D eigenvalue weighted by molar-refractivity contribution is -0.129. The van der Waals surface area contributed by atoms with Gasteiger partial charge in [-0.2, -0.15) is 0 Å². The van der Waals surface area contributed by atoms with Crippen molar-refractivity contribution in [2.24, 2.45) is 5.92 Å². The lowest BCUT2D eigenvalue weighted by Crippen LogP contribution is -2.33. The molecule has 0 saturated carbocycles. The van der Waals surface area contributed by atoms with Gasteiger partial charge in [-0.1, -0.05) is 54.1 Å². The van der Waals surface area contributed by atoms with Crippen molar-refractivity contribution in [2.45, 2.75) is 26.3 Å². The van der Waals surface area contributed by atoms with E-state index in [9.17, 15) is 9.59 Å². The zero-order valence-corrected chi connectivity index (χ0v) is 20.9. The van der Waals surface area contributed by atoms with E-state index in [1.165, 1.54) is 5.56 Å². The van der Waals surface area contributed by atoms with Crippen LogP contribution in [0.1, 0.15) is 24.0 Å². The molecule has 0 spiro atoms. The first kappa shape index (κ1) is 24.1. The Balaban J connectivity index is 1.28. The molecule has 0 bridgehead atoms. The van der Waals surface area contributed by atoms with Crippen LogP contribution in [0, 0.1) is 12.8 Å². The largest absolute Gasteiger partial charge is 0.352 e. The van der Waals surface area contributed by atoms with Gasteiger partial charge in [0.15, 0.2) is 0 Å². The van der Waals surface area contributed by atoms with Gasteiger partial charge in [0.1, 0.15) is 5.01 Å². The summed E-state index contributed by atoms with van der Waals surface area (Å²) in [5.74, 6) is -0.228. The van der Waals surface area contributed by atoms with Crippen molar-refractivity contribution in [3.05, 3.63) is 65.0 Å². The number of nitrogens with one attached hydrogen (secondary N) is 1. The van der Waals surface area contributed by atoms with Gasteiger partial charge in [0.2, 0.25) is 11.8 Å². The topological polar surface area (TPSA) is 65.5 Å². The van der Waals surface area contributed by atoms with E-state index in [2.05, 4.69) is 46.8 Å². The average molecular weight is 477 g/mol. The third-order valence-corrected chi connectivity index (χ3v) is 7.03. The summed E-state index contributed by atoms with van der Waals surface area (Å²) in [5, 5.41) is 6.07. The maximum Gasteiger partial charge on any atom is 0.225 e. The number of thiazole rings is 1. The van der Waals surface area contributed by atoms with E-state index in [1.54, 1.807) is 11.3 Å². The first-order valence-electron chi connectivity index (χ1n) is 11.7. The monoisotopic (exact) mass is 476 g/mol. The van der Waals surface area contributed by atoms with Gasteiger partial charge >= 0.3 is 0 Å². The molecule has 2 amide bonds. The van der Waals surface area contributed by atoms with Crippen LogP contribution in [0.15, 0.2) is 53.9 Å². The highest BCUT2D eigenvalue weighted by molar-refractivity contribution is 7.13. The van der Waals surface area contributed by atoms with Crippen molar-refractivity contribution in [1.82, 2.24) is 20.1 Å². The zero-order chi connectivity index (χ0) is 24.1. The number of aryl methyl sites for hydroxylation is 1. The van der Waals surface area contributed by atoms with Gasteiger partial charge in [0.05, 0.1) is 11.6 Å².